The van der Waals surface area contributed by atoms with E-state index < -0.39 is 0 Å². The number of halogens is 2. The Bertz CT molecular complexity index is 961. The predicted molar refractivity (Wildman–Crippen MR) is 133 cm³/mol. The maximum atomic E-state index is 12.3. The molecule has 0 spiro atoms. The Kier molecular flexibility index (Phi) is 8.24. The van der Waals surface area contributed by atoms with Crippen molar-refractivity contribution in [3.8, 4) is 11.5 Å². The number of carbonyl (C=O) groups excluding carboxylic acids is 1. The highest BCUT2D eigenvalue weighted by molar-refractivity contribution is 6.37. The summed E-state index contributed by atoms with van der Waals surface area (Å²) in [6.07, 6.45) is 2.28. The molecule has 0 aliphatic heterocycles. The molecule has 0 bridgehead atoms. The van der Waals surface area contributed by atoms with E-state index in [1.807, 2.05) is 12.1 Å². The summed E-state index contributed by atoms with van der Waals surface area (Å²) >= 11 is 12.2. The van der Waals surface area contributed by atoms with Crippen molar-refractivity contribution in [3.05, 3.63) is 56.6 Å². The molecule has 0 heterocycles. The smallest absolute Gasteiger partial charge is 0.240 e. The molecule has 2 aromatic carbocycles. The fourth-order valence-corrected chi connectivity index (χ4v) is 3.98. The van der Waals surface area contributed by atoms with Gasteiger partial charge in [0.1, 0.15) is 5.75 Å². The summed E-state index contributed by atoms with van der Waals surface area (Å²) in [5.41, 5.74) is 5.51. The van der Waals surface area contributed by atoms with Crippen LogP contribution in [0.4, 0.5) is 0 Å². The van der Waals surface area contributed by atoms with Gasteiger partial charge >= 0.3 is 0 Å². The van der Waals surface area contributed by atoms with Gasteiger partial charge in [-0.3, -0.25) is 4.79 Å². The Morgan fingerprint density at radius 2 is 1.53 bits per heavy atom. The number of carbonyl (C=O) groups is 1. The van der Waals surface area contributed by atoms with E-state index >= 15 is 0 Å². The van der Waals surface area contributed by atoms with Crippen molar-refractivity contribution in [2.45, 2.75) is 65.2 Å². The summed E-state index contributed by atoms with van der Waals surface area (Å²) in [5, 5.41) is 15.6. The molecule has 0 aliphatic rings. The monoisotopic (exact) mass is 478 g/mol. The van der Waals surface area contributed by atoms with E-state index in [2.05, 4.69) is 52.1 Å². The van der Waals surface area contributed by atoms with Crippen LogP contribution in [0.1, 0.15) is 70.2 Å². The number of hydrogen-bond donors (Lipinski definition) is 2. The lowest BCUT2D eigenvalue weighted by molar-refractivity contribution is -0.121. The molecular formula is C25H32Cl2N2O3. The summed E-state index contributed by atoms with van der Waals surface area (Å²) in [6.45, 7) is 12.4. The lowest BCUT2D eigenvalue weighted by Crippen LogP contribution is -2.20. The van der Waals surface area contributed by atoms with Gasteiger partial charge in [0.05, 0.1) is 23.4 Å². The van der Waals surface area contributed by atoms with Crippen LogP contribution >= 0.6 is 23.2 Å². The number of methoxy groups -OCH3 is 1. The van der Waals surface area contributed by atoms with E-state index in [0.29, 0.717) is 33.5 Å². The SMILES string of the molecule is COc1c(Cl)cc(/C=N\NC(=O)CCc2cc(C(C)(C)C)c(O)c(C(C)(C)C)c2)cc1Cl. The van der Waals surface area contributed by atoms with Crippen LogP contribution in [0.3, 0.4) is 0 Å². The Balaban J connectivity index is 2.10. The number of nitrogens with one attached hydrogen (secondary N) is 1. The summed E-state index contributed by atoms with van der Waals surface area (Å²) in [5.74, 6) is 0.516. The second kappa shape index (κ2) is 10.1. The van der Waals surface area contributed by atoms with Crippen LogP contribution in [0.15, 0.2) is 29.4 Å². The van der Waals surface area contributed by atoms with Crippen molar-refractivity contribution >= 4 is 35.3 Å². The Labute approximate surface area is 200 Å². The third kappa shape index (κ3) is 6.63. The zero-order valence-corrected chi connectivity index (χ0v) is 21.3. The number of phenols is 1. The van der Waals surface area contributed by atoms with Crippen LogP contribution in [0.5, 0.6) is 11.5 Å². The van der Waals surface area contributed by atoms with E-state index in [4.69, 9.17) is 27.9 Å². The van der Waals surface area contributed by atoms with Crippen molar-refractivity contribution < 1.29 is 14.6 Å². The minimum absolute atomic E-state index is 0.213. The summed E-state index contributed by atoms with van der Waals surface area (Å²) in [6, 6.07) is 7.28. The minimum atomic E-state index is -0.215. The quantitative estimate of drug-likeness (QED) is 0.373. The second-order valence-corrected chi connectivity index (χ2v) is 10.7. The Morgan fingerprint density at radius 3 is 1.97 bits per heavy atom. The number of ether oxygens (including phenoxy) is 1. The van der Waals surface area contributed by atoms with Gasteiger partial charge in [0.15, 0.2) is 5.75 Å². The van der Waals surface area contributed by atoms with E-state index in [-0.39, 0.29) is 23.2 Å². The molecule has 32 heavy (non-hydrogen) atoms. The van der Waals surface area contributed by atoms with Crippen molar-refractivity contribution in [2.75, 3.05) is 7.11 Å². The van der Waals surface area contributed by atoms with Crippen molar-refractivity contribution in [3.63, 3.8) is 0 Å². The van der Waals surface area contributed by atoms with Gasteiger partial charge in [0.25, 0.3) is 0 Å². The highest BCUT2D eigenvalue weighted by atomic mass is 35.5. The number of nitrogens with zero attached hydrogens (tertiary/aromatic N) is 1. The average molecular weight is 479 g/mol. The molecule has 0 atom stereocenters. The number of hydrogen-bond acceptors (Lipinski definition) is 4. The molecule has 0 fully saturated rings. The predicted octanol–water partition coefficient (Wildman–Crippen LogP) is 6.39. The van der Waals surface area contributed by atoms with Crippen molar-refractivity contribution in [2.24, 2.45) is 5.10 Å². The number of amides is 1. The molecular weight excluding hydrogens is 447 g/mol. The van der Waals surface area contributed by atoms with Gasteiger partial charge in [0.2, 0.25) is 5.91 Å². The molecule has 174 valence electrons. The van der Waals surface area contributed by atoms with E-state index in [1.54, 1.807) is 12.1 Å². The van der Waals surface area contributed by atoms with Gasteiger partial charge in [-0.15, -0.1) is 0 Å². The molecule has 5 nitrogen and oxygen atoms in total. The first-order valence-corrected chi connectivity index (χ1v) is 11.2. The van der Waals surface area contributed by atoms with E-state index in [1.165, 1.54) is 13.3 Å². The first kappa shape index (κ1) is 26.0. The van der Waals surface area contributed by atoms with E-state index in [0.717, 1.165) is 16.7 Å². The normalized spacial score (nSPS) is 12.3. The highest BCUT2D eigenvalue weighted by Crippen LogP contribution is 2.40. The van der Waals surface area contributed by atoms with Gasteiger partial charge in [-0.25, -0.2) is 5.43 Å². The molecule has 0 saturated carbocycles. The standard InChI is InChI=1S/C25H32Cl2N2O3/c1-24(2,3)17-10-15(11-18(22(17)31)25(4,5)6)8-9-21(30)29-28-14-16-12-19(26)23(32-7)20(27)13-16/h10-14,31H,8-9H2,1-7H3,(H,29,30)/b28-14-. The zero-order valence-electron chi connectivity index (χ0n) is 19.8. The van der Waals surface area contributed by atoms with Crippen LogP contribution in [-0.4, -0.2) is 24.3 Å². The molecule has 0 aliphatic carbocycles. The number of phenolic OH excluding ortho intramolecular Hbond substituents is 1. The summed E-state index contributed by atoms with van der Waals surface area (Å²) in [4.78, 5) is 12.3. The number of aryl methyl sites for hydroxylation is 1. The number of benzene rings is 2. The first-order valence-electron chi connectivity index (χ1n) is 10.5. The fraction of sp³-hybridized carbons (Fsp3) is 0.440. The molecule has 7 heteroatoms. The maximum absolute atomic E-state index is 12.3. The van der Waals surface area contributed by atoms with Crippen LogP contribution in [0, 0.1) is 0 Å². The molecule has 2 N–H and O–H groups in total. The second-order valence-electron chi connectivity index (χ2n) is 9.85. The zero-order chi connectivity index (χ0) is 24.3. The highest BCUT2D eigenvalue weighted by Gasteiger charge is 2.26. The Morgan fingerprint density at radius 1 is 1.03 bits per heavy atom. The van der Waals surface area contributed by atoms with E-state index in [9.17, 15) is 9.90 Å². The number of rotatable bonds is 6. The summed E-state index contributed by atoms with van der Waals surface area (Å²) < 4.78 is 5.12. The summed E-state index contributed by atoms with van der Waals surface area (Å²) in [7, 11) is 1.49. The molecule has 1 amide bonds. The molecule has 0 radical (unpaired) electrons. The van der Waals surface area contributed by atoms with Crippen LogP contribution in [-0.2, 0) is 22.0 Å². The van der Waals surface area contributed by atoms with Crippen LogP contribution in [0.2, 0.25) is 10.0 Å². The van der Waals surface area contributed by atoms with Gasteiger partial charge < -0.3 is 9.84 Å². The van der Waals surface area contributed by atoms with Crippen molar-refractivity contribution in [1.29, 1.82) is 0 Å². The third-order valence-corrected chi connectivity index (χ3v) is 5.62. The van der Waals surface area contributed by atoms with Gasteiger partial charge in [-0.2, -0.15) is 5.10 Å². The third-order valence-electron chi connectivity index (χ3n) is 5.05. The maximum Gasteiger partial charge on any atom is 0.240 e. The van der Waals surface area contributed by atoms with Crippen LogP contribution < -0.4 is 10.2 Å². The number of aromatic hydroxyl groups is 1. The lowest BCUT2D eigenvalue weighted by Gasteiger charge is -2.28. The average Bonchev–Trinajstić information content (AvgIpc) is 2.65. The van der Waals surface area contributed by atoms with Crippen LogP contribution in [0.25, 0.3) is 0 Å². The van der Waals surface area contributed by atoms with Gasteiger partial charge in [-0.05, 0) is 51.6 Å². The lowest BCUT2D eigenvalue weighted by atomic mass is 9.78. The molecule has 0 unspecified atom stereocenters. The largest absolute Gasteiger partial charge is 0.507 e. The number of hydrazone groups is 1. The van der Waals surface area contributed by atoms with Crippen molar-refractivity contribution in [1.82, 2.24) is 5.43 Å². The topological polar surface area (TPSA) is 70.9 Å². The molecule has 0 saturated heterocycles. The molecule has 2 aromatic rings. The molecule has 2 rings (SSSR count). The minimum Gasteiger partial charge on any atom is -0.507 e. The fourth-order valence-electron chi connectivity index (χ4n) is 3.32. The van der Waals surface area contributed by atoms with Gasteiger partial charge in [0, 0.05) is 6.42 Å². The first-order chi connectivity index (χ1) is 14.7. The van der Waals surface area contributed by atoms with Gasteiger partial charge in [-0.1, -0.05) is 76.9 Å². The Hall–Kier alpha value is -2.24. The molecule has 0 aromatic heterocycles.